The summed E-state index contributed by atoms with van der Waals surface area (Å²) < 4.78 is 0. The highest BCUT2D eigenvalue weighted by Gasteiger charge is 1.96. The summed E-state index contributed by atoms with van der Waals surface area (Å²) in [6, 6.07) is 20.4. The van der Waals surface area contributed by atoms with E-state index in [1.165, 1.54) is 21.5 Å². The van der Waals surface area contributed by atoms with Crippen LogP contribution in [0.4, 0.5) is 0 Å². The average molecular weight is 309 g/mol. The van der Waals surface area contributed by atoms with E-state index in [0.29, 0.717) is 0 Å². The Morgan fingerprint density at radius 1 is 0.500 bits per heavy atom. The third kappa shape index (κ3) is 2.92. The summed E-state index contributed by atoms with van der Waals surface area (Å²) in [5, 5.41) is 5.97. The second-order valence-electron chi connectivity index (χ2n) is 5.49. The van der Waals surface area contributed by atoms with Gasteiger partial charge in [0.05, 0.1) is 5.52 Å². The highest BCUT2D eigenvalue weighted by molar-refractivity contribution is 5.95. The van der Waals surface area contributed by atoms with Gasteiger partial charge in [-0.1, -0.05) is 30.3 Å². The van der Waals surface area contributed by atoms with Gasteiger partial charge < -0.3 is 0 Å². The van der Waals surface area contributed by atoms with Gasteiger partial charge in [-0.05, 0) is 46.5 Å². The van der Waals surface area contributed by atoms with E-state index in [9.17, 15) is 0 Å². The van der Waals surface area contributed by atoms with Crippen molar-refractivity contribution in [3.8, 4) is 0 Å². The van der Waals surface area contributed by atoms with Crippen molar-refractivity contribution >= 4 is 32.4 Å². The van der Waals surface area contributed by atoms with Crippen LogP contribution in [-0.4, -0.2) is 15.0 Å². The van der Waals surface area contributed by atoms with Gasteiger partial charge in [-0.25, -0.2) is 0 Å². The molecular formula is C21H15N3. The van der Waals surface area contributed by atoms with Gasteiger partial charge >= 0.3 is 0 Å². The van der Waals surface area contributed by atoms with Crippen molar-refractivity contribution < 1.29 is 0 Å². The van der Waals surface area contributed by atoms with Crippen LogP contribution in [-0.2, 0) is 0 Å². The van der Waals surface area contributed by atoms with Crippen molar-refractivity contribution in [3.05, 3.63) is 91.6 Å². The van der Waals surface area contributed by atoms with Crippen LogP contribution < -0.4 is 0 Å². The standard InChI is InChI=1S/C12H8N2.C9H7N/c1-2-10-6-9-3-5-13-8-11(9)7-12(10)14-4-1;1-2-4-9-7-10-6-5-8(9)3-1/h1-8H;1-7H. The molecule has 3 nitrogen and oxygen atoms in total. The molecule has 0 spiro atoms. The first-order chi connectivity index (χ1) is 11.9. The molecule has 0 unspecified atom stereocenters. The fourth-order valence-electron chi connectivity index (χ4n) is 2.68. The highest BCUT2D eigenvalue weighted by Crippen LogP contribution is 2.19. The van der Waals surface area contributed by atoms with E-state index >= 15 is 0 Å². The van der Waals surface area contributed by atoms with Crippen LogP contribution in [0.3, 0.4) is 0 Å². The normalized spacial score (nSPS) is 10.5. The van der Waals surface area contributed by atoms with E-state index in [0.717, 1.165) is 10.9 Å². The fourth-order valence-corrected chi connectivity index (χ4v) is 2.68. The molecular weight excluding hydrogens is 294 g/mol. The van der Waals surface area contributed by atoms with Gasteiger partial charge in [-0.3, -0.25) is 15.0 Å². The summed E-state index contributed by atoms with van der Waals surface area (Å²) in [6.45, 7) is 0. The van der Waals surface area contributed by atoms with E-state index in [2.05, 4.69) is 45.3 Å². The van der Waals surface area contributed by atoms with Crippen LogP contribution >= 0.6 is 0 Å². The topological polar surface area (TPSA) is 38.7 Å². The zero-order chi connectivity index (χ0) is 16.2. The van der Waals surface area contributed by atoms with Crippen LogP contribution in [0.25, 0.3) is 32.4 Å². The summed E-state index contributed by atoms with van der Waals surface area (Å²) in [5.74, 6) is 0. The van der Waals surface area contributed by atoms with Gasteiger partial charge in [0.25, 0.3) is 0 Å². The summed E-state index contributed by atoms with van der Waals surface area (Å²) in [5.41, 5.74) is 1.02. The van der Waals surface area contributed by atoms with E-state index < -0.39 is 0 Å². The molecule has 0 aliphatic carbocycles. The molecule has 2 aromatic carbocycles. The largest absolute Gasteiger partial charge is 0.264 e. The Kier molecular flexibility index (Phi) is 3.82. The Morgan fingerprint density at radius 2 is 1.21 bits per heavy atom. The molecule has 3 heteroatoms. The minimum absolute atomic E-state index is 1.02. The summed E-state index contributed by atoms with van der Waals surface area (Å²) >= 11 is 0. The monoisotopic (exact) mass is 309 g/mol. The molecule has 0 amide bonds. The molecule has 0 saturated carbocycles. The quantitative estimate of drug-likeness (QED) is 0.377. The third-order valence-corrected chi connectivity index (χ3v) is 3.91. The number of nitrogens with zero attached hydrogens (tertiary/aromatic N) is 3. The van der Waals surface area contributed by atoms with E-state index in [1.807, 2.05) is 61.3 Å². The van der Waals surface area contributed by atoms with Crippen molar-refractivity contribution in [2.75, 3.05) is 0 Å². The number of benzene rings is 2. The van der Waals surface area contributed by atoms with Crippen molar-refractivity contribution in [2.24, 2.45) is 0 Å². The van der Waals surface area contributed by atoms with Crippen LogP contribution in [0.5, 0.6) is 0 Å². The van der Waals surface area contributed by atoms with Crippen molar-refractivity contribution in [1.82, 2.24) is 15.0 Å². The molecule has 5 rings (SSSR count). The predicted octanol–water partition coefficient (Wildman–Crippen LogP) is 5.02. The first-order valence-corrected chi connectivity index (χ1v) is 7.77. The minimum atomic E-state index is 1.02. The first kappa shape index (κ1) is 14.3. The second kappa shape index (κ2) is 6.42. The molecule has 0 atom stereocenters. The van der Waals surface area contributed by atoms with Gasteiger partial charge in [0.1, 0.15) is 0 Å². The molecule has 114 valence electrons. The van der Waals surface area contributed by atoms with Crippen molar-refractivity contribution in [2.45, 2.75) is 0 Å². The lowest BCUT2D eigenvalue weighted by molar-refractivity contribution is 1.36. The smallest absolute Gasteiger partial charge is 0.0708 e. The molecule has 0 radical (unpaired) electrons. The van der Waals surface area contributed by atoms with Gasteiger partial charge in [0, 0.05) is 41.8 Å². The maximum atomic E-state index is 4.30. The third-order valence-electron chi connectivity index (χ3n) is 3.91. The van der Waals surface area contributed by atoms with Gasteiger partial charge in [-0.15, -0.1) is 0 Å². The number of pyridine rings is 3. The number of hydrogen-bond acceptors (Lipinski definition) is 3. The van der Waals surface area contributed by atoms with E-state index in [1.54, 1.807) is 0 Å². The van der Waals surface area contributed by atoms with Crippen molar-refractivity contribution in [1.29, 1.82) is 0 Å². The Morgan fingerprint density at radius 3 is 2.04 bits per heavy atom. The van der Waals surface area contributed by atoms with Crippen molar-refractivity contribution in [3.63, 3.8) is 0 Å². The first-order valence-electron chi connectivity index (χ1n) is 7.77. The second-order valence-corrected chi connectivity index (χ2v) is 5.49. The number of fused-ring (bicyclic) bond motifs is 3. The molecule has 3 aromatic heterocycles. The van der Waals surface area contributed by atoms with Gasteiger partial charge in [0.2, 0.25) is 0 Å². The molecule has 0 N–H and O–H groups in total. The maximum Gasteiger partial charge on any atom is 0.0708 e. The predicted molar refractivity (Wildman–Crippen MR) is 98.8 cm³/mol. The summed E-state index contributed by atoms with van der Waals surface area (Å²) in [7, 11) is 0. The van der Waals surface area contributed by atoms with E-state index in [-0.39, 0.29) is 0 Å². The lowest BCUT2D eigenvalue weighted by Gasteiger charge is -1.99. The minimum Gasteiger partial charge on any atom is -0.264 e. The van der Waals surface area contributed by atoms with Crippen LogP contribution in [0, 0.1) is 0 Å². The van der Waals surface area contributed by atoms with Gasteiger partial charge in [-0.2, -0.15) is 0 Å². The van der Waals surface area contributed by atoms with Crippen LogP contribution in [0.15, 0.2) is 91.6 Å². The molecule has 0 aliphatic heterocycles. The Hall–Kier alpha value is -3.33. The molecule has 5 aromatic rings. The molecule has 0 fully saturated rings. The zero-order valence-corrected chi connectivity index (χ0v) is 13.0. The van der Waals surface area contributed by atoms with Crippen LogP contribution in [0.1, 0.15) is 0 Å². The zero-order valence-electron chi connectivity index (χ0n) is 13.0. The lowest BCUT2D eigenvalue weighted by atomic mass is 10.1. The molecule has 0 aliphatic rings. The Bertz CT molecular complexity index is 949. The lowest BCUT2D eigenvalue weighted by Crippen LogP contribution is -1.79. The molecule has 24 heavy (non-hydrogen) atoms. The summed E-state index contributed by atoms with van der Waals surface area (Å²) in [4.78, 5) is 12.4. The van der Waals surface area contributed by atoms with Gasteiger partial charge in [0.15, 0.2) is 0 Å². The van der Waals surface area contributed by atoms with E-state index in [4.69, 9.17) is 0 Å². The average Bonchev–Trinajstić information content (AvgIpc) is 2.67. The Labute approximate surface area is 139 Å². The number of hydrogen-bond donors (Lipinski definition) is 0. The number of aromatic nitrogens is 3. The van der Waals surface area contributed by atoms with Crippen LogP contribution in [0.2, 0.25) is 0 Å². The Balaban J connectivity index is 0.000000129. The molecule has 0 saturated heterocycles. The summed E-state index contributed by atoms with van der Waals surface area (Å²) in [6.07, 6.45) is 9.16. The maximum absolute atomic E-state index is 4.30. The fraction of sp³-hybridized carbons (Fsp3) is 0. The molecule has 0 bridgehead atoms. The SMILES string of the molecule is c1ccc2cnccc2c1.c1cnc2cc3cnccc3cc2c1. The number of rotatable bonds is 0. The highest BCUT2D eigenvalue weighted by atomic mass is 14.6. The molecule has 3 heterocycles.